The second-order valence-corrected chi connectivity index (χ2v) is 9.92. The Kier molecular flexibility index (Phi) is 8.52. The minimum Gasteiger partial charge on any atom is -0.426 e. The van der Waals surface area contributed by atoms with Crippen LogP contribution in [0.15, 0.2) is 18.2 Å². The van der Waals surface area contributed by atoms with Gasteiger partial charge in [0, 0.05) is 5.56 Å². The van der Waals surface area contributed by atoms with E-state index >= 15 is 0 Å². The van der Waals surface area contributed by atoms with Crippen molar-refractivity contribution in [3.05, 3.63) is 29.3 Å². The zero-order valence-corrected chi connectivity index (χ0v) is 18.0. The van der Waals surface area contributed by atoms with Gasteiger partial charge in [-0.15, -0.1) is 0 Å². The Labute approximate surface area is 158 Å². The summed E-state index contributed by atoms with van der Waals surface area (Å²) in [4.78, 5) is 12.7. The summed E-state index contributed by atoms with van der Waals surface area (Å²) < 4.78 is 29.6. The molecule has 0 fully saturated rings. The Morgan fingerprint density at radius 1 is 1.12 bits per heavy atom. The number of rotatable bonds is 9. The molecule has 6 heteroatoms. The highest BCUT2D eigenvalue weighted by Crippen LogP contribution is 2.53. The number of carbonyl (C=O) groups is 1. The van der Waals surface area contributed by atoms with Crippen LogP contribution in [0.2, 0.25) is 0 Å². The van der Waals surface area contributed by atoms with Crippen molar-refractivity contribution in [1.82, 2.24) is 0 Å². The standard InChI is InChI=1S/C20H33O5P/c1-8-12-23-26(22,24-13-9-2)16(4)19(21)25-18-11-10-15(3)14-17(18)20(5,6)7/h10-11,14,16H,8-9,12-13H2,1-7H3. The summed E-state index contributed by atoms with van der Waals surface area (Å²) in [5, 5.41) is 0. The maximum Gasteiger partial charge on any atom is 0.344 e. The molecule has 0 heterocycles. The first-order valence-electron chi connectivity index (χ1n) is 9.26. The normalized spacial score (nSPS) is 13.5. The summed E-state index contributed by atoms with van der Waals surface area (Å²) in [6, 6.07) is 5.68. The van der Waals surface area contributed by atoms with E-state index in [0.717, 1.165) is 11.1 Å². The van der Waals surface area contributed by atoms with Gasteiger partial charge in [0.15, 0.2) is 5.66 Å². The van der Waals surface area contributed by atoms with Crippen LogP contribution in [0.3, 0.4) is 0 Å². The highest BCUT2D eigenvalue weighted by atomic mass is 31.2. The van der Waals surface area contributed by atoms with Gasteiger partial charge < -0.3 is 13.8 Å². The summed E-state index contributed by atoms with van der Waals surface area (Å²) in [5.74, 6) is -0.118. The molecule has 0 aliphatic carbocycles. The van der Waals surface area contributed by atoms with E-state index in [9.17, 15) is 9.36 Å². The molecule has 0 bridgehead atoms. The summed E-state index contributed by atoms with van der Waals surface area (Å²) in [6.45, 7) is 14.1. The monoisotopic (exact) mass is 384 g/mol. The molecule has 0 amide bonds. The third-order valence-corrected chi connectivity index (χ3v) is 6.16. The number of benzene rings is 1. The molecule has 148 valence electrons. The van der Waals surface area contributed by atoms with E-state index < -0.39 is 19.2 Å². The maximum atomic E-state index is 13.1. The molecule has 0 saturated carbocycles. The molecule has 0 aliphatic heterocycles. The lowest BCUT2D eigenvalue weighted by atomic mass is 9.85. The van der Waals surface area contributed by atoms with Gasteiger partial charge in [0.25, 0.3) is 0 Å². The number of hydrogen-bond acceptors (Lipinski definition) is 5. The number of esters is 1. The Balaban J connectivity index is 3.06. The van der Waals surface area contributed by atoms with Crippen LogP contribution in [0.4, 0.5) is 0 Å². The fraction of sp³-hybridized carbons (Fsp3) is 0.650. The maximum absolute atomic E-state index is 13.1. The van der Waals surface area contributed by atoms with Gasteiger partial charge in [-0.1, -0.05) is 52.3 Å². The van der Waals surface area contributed by atoms with Crippen LogP contribution >= 0.6 is 7.60 Å². The zero-order chi connectivity index (χ0) is 20.0. The van der Waals surface area contributed by atoms with Crippen LogP contribution in [0, 0.1) is 6.92 Å². The first-order valence-corrected chi connectivity index (χ1v) is 10.9. The van der Waals surface area contributed by atoms with E-state index in [-0.39, 0.29) is 18.6 Å². The highest BCUT2D eigenvalue weighted by molar-refractivity contribution is 7.55. The largest absolute Gasteiger partial charge is 0.426 e. The third kappa shape index (κ3) is 6.22. The topological polar surface area (TPSA) is 61.8 Å². The number of aryl methyl sites for hydroxylation is 1. The lowest BCUT2D eigenvalue weighted by Gasteiger charge is -2.25. The first kappa shape index (κ1) is 22.9. The zero-order valence-electron chi connectivity index (χ0n) is 17.1. The van der Waals surface area contributed by atoms with Crippen LogP contribution in [-0.2, 0) is 23.8 Å². The van der Waals surface area contributed by atoms with Crippen molar-refractivity contribution >= 4 is 13.6 Å². The van der Waals surface area contributed by atoms with Crippen LogP contribution in [0.25, 0.3) is 0 Å². The van der Waals surface area contributed by atoms with Crippen molar-refractivity contribution in [2.75, 3.05) is 13.2 Å². The van der Waals surface area contributed by atoms with Crippen molar-refractivity contribution in [3.8, 4) is 5.75 Å². The second-order valence-electron chi connectivity index (χ2n) is 7.55. The molecule has 1 aromatic carbocycles. The molecule has 0 aromatic heterocycles. The van der Waals surface area contributed by atoms with Crippen molar-refractivity contribution < 1.29 is 23.1 Å². The third-order valence-electron chi connectivity index (χ3n) is 3.92. The molecule has 1 aromatic rings. The Hall–Kier alpha value is -1.16. The first-order chi connectivity index (χ1) is 12.0. The molecular formula is C20H33O5P. The van der Waals surface area contributed by atoms with E-state index in [2.05, 4.69) is 20.8 Å². The Bertz CT molecular complexity index is 636. The molecule has 26 heavy (non-hydrogen) atoms. The molecule has 1 atom stereocenters. The van der Waals surface area contributed by atoms with Crippen LogP contribution < -0.4 is 4.74 Å². The average Bonchev–Trinajstić information content (AvgIpc) is 2.58. The summed E-state index contributed by atoms with van der Waals surface area (Å²) >= 11 is 0. The average molecular weight is 384 g/mol. The van der Waals surface area contributed by atoms with Gasteiger partial charge in [0.1, 0.15) is 5.75 Å². The van der Waals surface area contributed by atoms with Gasteiger partial charge in [-0.3, -0.25) is 9.36 Å². The van der Waals surface area contributed by atoms with Crippen molar-refractivity contribution in [2.24, 2.45) is 0 Å². The highest BCUT2D eigenvalue weighted by Gasteiger charge is 2.39. The van der Waals surface area contributed by atoms with Crippen molar-refractivity contribution in [2.45, 2.75) is 72.4 Å². The number of carbonyl (C=O) groups excluding carboxylic acids is 1. The van der Waals surface area contributed by atoms with Gasteiger partial charge >= 0.3 is 13.6 Å². The molecular weight excluding hydrogens is 351 g/mol. The van der Waals surface area contributed by atoms with Crippen LogP contribution in [0.1, 0.15) is 65.5 Å². The molecule has 1 unspecified atom stereocenters. The van der Waals surface area contributed by atoms with E-state index in [4.69, 9.17) is 13.8 Å². The Morgan fingerprint density at radius 2 is 1.65 bits per heavy atom. The molecule has 0 radical (unpaired) electrons. The Morgan fingerprint density at radius 3 is 2.12 bits per heavy atom. The van der Waals surface area contributed by atoms with Crippen LogP contribution in [0.5, 0.6) is 5.75 Å². The fourth-order valence-electron chi connectivity index (χ4n) is 2.34. The van der Waals surface area contributed by atoms with Gasteiger partial charge in [0.05, 0.1) is 13.2 Å². The molecule has 0 spiro atoms. The van der Waals surface area contributed by atoms with Crippen molar-refractivity contribution in [3.63, 3.8) is 0 Å². The number of hydrogen-bond donors (Lipinski definition) is 0. The molecule has 1 rings (SSSR count). The SMILES string of the molecule is CCCOP(=O)(OCCC)C(C)C(=O)Oc1ccc(C)cc1C(C)(C)C. The van der Waals surface area contributed by atoms with Gasteiger partial charge in [-0.05, 0) is 38.2 Å². The number of ether oxygens (including phenoxy) is 1. The summed E-state index contributed by atoms with van der Waals surface area (Å²) in [6.07, 6.45) is 1.38. The lowest BCUT2D eigenvalue weighted by molar-refractivity contribution is -0.134. The van der Waals surface area contributed by atoms with E-state index in [0.29, 0.717) is 18.6 Å². The molecule has 0 aliphatic rings. The predicted molar refractivity (Wildman–Crippen MR) is 105 cm³/mol. The smallest absolute Gasteiger partial charge is 0.344 e. The van der Waals surface area contributed by atoms with E-state index in [1.165, 1.54) is 0 Å². The predicted octanol–water partition coefficient (Wildman–Crippen LogP) is 5.63. The molecule has 0 N–H and O–H groups in total. The van der Waals surface area contributed by atoms with E-state index in [1.807, 2.05) is 32.9 Å². The van der Waals surface area contributed by atoms with Gasteiger partial charge in [0.2, 0.25) is 0 Å². The quantitative estimate of drug-likeness (QED) is 0.313. The molecule has 0 saturated heterocycles. The van der Waals surface area contributed by atoms with Gasteiger partial charge in [-0.2, -0.15) is 0 Å². The fourth-order valence-corrected chi connectivity index (χ4v) is 4.05. The summed E-state index contributed by atoms with van der Waals surface area (Å²) in [7, 11) is -3.58. The minimum absolute atomic E-state index is 0.189. The van der Waals surface area contributed by atoms with Crippen molar-refractivity contribution in [1.29, 1.82) is 0 Å². The summed E-state index contributed by atoms with van der Waals surface area (Å²) in [5.41, 5.74) is 0.837. The lowest BCUT2D eigenvalue weighted by Crippen LogP contribution is -2.27. The van der Waals surface area contributed by atoms with E-state index in [1.54, 1.807) is 13.0 Å². The second kappa shape index (κ2) is 9.68. The van der Waals surface area contributed by atoms with Crippen LogP contribution in [-0.4, -0.2) is 24.8 Å². The minimum atomic E-state index is -3.58. The molecule has 5 nitrogen and oxygen atoms in total. The van der Waals surface area contributed by atoms with Gasteiger partial charge in [-0.25, -0.2) is 0 Å².